The summed E-state index contributed by atoms with van der Waals surface area (Å²) in [6.45, 7) is 14.6. The second kappa shape index (κ2) is 10.5. The first-order valence-corrected chi connectivity index (χ1v) is 13.1. The van der Waals surface area contributed by atoms with Crippen LogP contribution in [0.2, 0.25) is 0 Å². The van der Waals surface area contributed by atoms with Crippen molar-refractivity contribution < 1.29 is 19.4 Å². The number of likely N-dealkylation sites (tertiary alicyclic amines) is 1. The maximum absolute atomic E-state index is 13.5. The Kier molecular flexibility index (Phi) is 7.50. The van der Waals surface area contributed by atoms with Gasteiger partial charge in [0.1, 0.15) is 11.5 Å². The van der Waals surface area contributed by atoms with Crippen LogP contribution in [0.15, 0.2) is 72.3 Å². The highest BCUT2D eigenvalue weighted by molar-refractivity contribution is 6.46. The highest BCUT2D eigenvalue weighted by Crippen LogP contribution is 2.41. The fraction of sp³-hybridized carbons (Fsp3) is 0.333. The molecule has 0 saturated carbocycles. The number of hydrogen-bond donors (Lipinski definition) is 1. The zero-order chi connectivity index (χ0) is 27.8. The van der Waals surface area contributed by atoms with Crippen molar-refractivity contribution in [2.24, 2.45) is 0 Å². The molecule has 38 heavy (non-hydrogen) atoms. The molecule has 198 valence electrons. The smallest absolute Gasteiger partial charge is 0.295 e. The van der Waals surface area contributed by atoms with Gasteiger partial charge in [-0.1, -0.05) is 68.8 Å². The van der Waals surface area contributed by atoms with Gasteiger partial charge < -0.3 is 14.7 Å². The third kappa shape index (κ3) is 5.52. The summed E-state index contributed by atoms with van der Waals surface area (Å²) < 4.78 is 5.72. The predicted octanol–water partition coefficient (Wildman–Crippen LogP) is 7.01. The van der Waals surface area contributed by atoms with Crippen molar-refractivity contribution in [2.75, 3.05) is 0 Å². The zero-order valence-electron chi connectivity index (χ0n) is 23.3. The quantitative estimate of drug-likeness (QED) is 0.220. The Bertz CT molecular complexity index is 1380. The van der Waals surface area contributed by atoms with Gasteiger partial charge in [0.05, 0.1) is 17.7 Å². The second-order valence-electron chi connectivity index (χ2n) is 11.4. The van der Waals surface area contributed by atoms with Gasteiger partial charge in [0.2, 0.25) is 0 Å². The molecule has 1 amide bonds. The number of hydrogen-bond acceptors (Lipinski definition) is 4. The van der Waals surface area contributed by atoms with Gasteiger partial charge in [-0.05, 0) is 79.6 Å². The number of aliphatic hydroxyl groups excluding tert-OH is 1. The minimum Gasteiger partial charge on any atom is -0.507 e. The molecule has 1 saturated heterocycles. The fourth-order valence-corrected chi connectivity index (χ4v) is 4.83. The van der Waals surface area contributed by atoms with Crippen molar-refractivity contribution in [3.8, 4) is 5.75 Å². The van der Waals surface area contributed by atoms with E-state index < -0.39 is 17.7 Å². The molecule has 1 heterocycles. The standard InChI is InChI=1S/C33H37NO4/c1-20(2)38-27-16-12-24(13-17-27)30(35)28-29(23-10-14-26(15-11-23)33(5,6)7)34(32(37)31(28)36)19-25-18-21(3)8-9-22(25)4/h8-18,20,29,35H,19H2,1-7H3/b30-28-. The van der Waals surface area contributed by atoms with E-state index in [1.54, 1.807) is 29.2 Å². The molecule has 1 atom stereocenters. The van der Waals surface area contributed by atoms with E-state index in [1.807, 2.05) is 70.2 Å². The Morgan fingerprint density at radius 2 is 1.58 bits per heavy atom. The first kappa shape index (κ1) is 27.2. The van der Waals surface area contributed by atoms with Crippen molar-refractivity contribution >= 4 is 17.4 Å². The van der Waals surface area contributed by atoms with Crippen LogP contribution in [0.25, 0.3) is 5.76 Å². The maximum atomic E-state index is 13.5. The van der Waals surface area contributed by atoms with Gasteiger partial charge >= 0.3 is 0 Å². The molecule has 0 aromatic heterocycles. The Hall–Kier alpha value is -3.86. The monoisotopic (exact) mass is 511 g/mol. The van der Waals surface area contributed by atoms with Crippen molar-refractivity contribution in [1.29, 1.82) is 0 Å². The molecule has 1 N–H and O–H groups in total. The number of carbonyl (C=O) groups excluding carboxylic acids is 2. The lowest BCUT2D eigenvalue weighted by atomic mass is 9.85. The van der Waals surface area contributed by atoms with Crippen LogP contribution in [-0.4, -0.2) is 27.8 Å². The number of Topliss-reactive ketones (excluding diaryl/α,β-unsaturated/α-hetero) is 1. The Morgan fingerprint density at radius 3 is 2.16 bits per heavy atom. The van der Waals surface area contributed by atoms with E-state index in [2.05, 4.69) is 20.8 Å². The van der Waals surface area contributed by atoms with E-state index in [1.165, 1.54) is 0 Å². The second-order valence-corrected chi connectivity index (χ2v) is 11.4. The zero-order valence-corrected chi connectivity index (χ0v) is 23.3. The van der Waals surface area contributed by atoms with Gasteiger partial charge in [0.15, 0.2) is 0 Å². The molecular formula is C33H37NO4. The van der Waals surface area contributed by atoms with Crippen molar-refractivity contribution in [3.05, 3.63) is 106 Å². The van der Waals surface area contributed by atoms with E-state index in [4.69, 9.17) is 4.74 Å². The van der Waals surface area contributed by atoms with Gasteiger partial charge in [-0.3, -0.25) is 9.59 Å². The Labute approximate surface area is 225 Å². The lowest BCUT2D eigenvalue weighted by Gasteiger charge is -2.27. The molecule has 0 aliphatic carbocycles. The van der Waals surface area contributed by atoms with Gasteiger partial charge in [-0.15, -0.1) is 0 Å². The van der Waals surface area contributed by atoms with Crippen LogP contribution in [0, 0.1) is 13.8 Å². The largest absolute Gasteiger partial charge is 0.507 e. The normalized spacial score (nSPS) is 17.4. The number of aliphatic hydroxyl groups is 1. The number of rotatable bonds is 6. The molecule has 5 nitrogen and oxygen atoms in total. The molecule has 0 bridgehead atoms. The molecule has 0 radical (unpaired) electrons. The van der Waals surface area contributed by atoms with Crippen LogP contribution in [0.3, 0.4) is 0 Å². The molecule has 5 heteroatoms. The van der Waals surface area contributed by atoms with Crippen LogP contribution >= 0.6 is 0 Å². The average Bonchev–Trinajstić information content (AvgIpc) is 3.10. The van der Waals surface area contributed by atoms with E-state index in [0.717, 1.165) is 27.8 Å². The highest BCUT2D eigenvalue weighted by Gasteiger charge is 2.46. The first-order valence-electron chi connectivity index (χ1n) is 13.1. The average molecular weight is 512 g/mol. The van der Waals surface area contributed by atoms with Crippen LogP contribution in [0.1, 0.15) is 74.0 Å². The SMILES string of the molecule is Cc1ccc(C)c(CN2C(=O)C(=O)/C(=C(\O)c3ccc(OC(C)C)cc3)C2c2ccc(C(C)(C)C)cc2)c1. The number of aryl methyl sites for hydroxylation is 2. The summed E-state index contributed by atoms with van der Waals surface area (Å²) in [4.78, 5) is 28.5. The van der Waals surface area contributed by atoms with E-state index in [0.29, 0.717) is 11.3 Å². The van der Waals surface area contributed by atoms with Crippen LogP contribution < -0.4 is 4.74 Å². The number of amides is 1. The lowest BCUT2D eigenvalue weighted by molar-refractivity contribution is -0.140. The molecule has 1 unspecified atom stereocenters. The van der Waals surface area contributed by atoms with Gasteiger partial charge in [0.25, 0.3) is 11.7 Å². The minimum atomic E-state index is -0.712. The first-order chi connectivity index (χ1) is 17.9. The number of carbonyl (C=O) groups is 2. The predicted molar refractivity (Wildman–Crippen MR) is 151 cm³/mol. The number of benzene rings is 3. The van der Waals surface area contributed by atoms with Crippen molar-refractivity contribution in [1.82, 2.24) is 4.90 Å². The minimum absolute atomic E-state index is 0.0147. The Morgan fingerprint density at radius 1 is 0.947 bits per heavy atom. The van der Waals surface area contributed by atoms with Crippen LogP contribution in [0.5, 0.6) is 5.75 Å². The molecule has 3 aromatic carbocycles. The number of ketones is 1. The molecule has 3 aromatic rings. The van der Waals surface area contributed by atoms with Crippen molar-refractivity contribution in [3.63, 3.8) is 0 Å². The highest BCUT2D eigenvalue weighted by atomic mass is 16.5. The summed E-state index contributed by atoms with van der Waals surface area (Å²) in [5.41, 5.74) is 5.54. The summed E-state index contributed by atoms with van der Waals surface area (Å²) >= 11 is 0. The third-order valence-corrected chi connectivity index (χ3v) is 6.98. The lowest BCUT2D eigenvalue weighted by Crippen LogP contribution is -2.29. The summed E-state index contributed by atoms with van der Waals surface area (Å²) in [5, 5.41) is 11.4. The van der Waals surface area contributed by atoms with E-state index in [9.17, 15) is 14.7 Å². The molecule has 1 aliphatic heterocycles. The van der Waals surface area contributed by atoms with Crippen LogP contribution in [-0.2, 0) is 21.5 Å². The maximum Gasteiger partial charge on any atom is 0.295 e. The molecular weight excluding hydrogens is 474 g/mol. The third-order valence-electron chi connectivity index (χ3n) is 6.98. The van der Waals surface area contributed by atoms with Gasteiger partial charge in [-0.25, -0.2) is 0 Å². The number of nitrogens with zero attached hydrogens (tertiary/aromatic N) is 1. The van der Waals surface area contributed by atoms with E-state index >= 15 is 0 Å². The molecule has 1 fully saturated rings. The topological polar surface area (TPSA) is 66.8 Å². The fourth-order valence-electron chi connectivity index (χ4n) is 4.83. The molecule has 1 aliphatic rings. The molecule has 0 spiro atoms. The summed E-state index contributed by atoms with van der Waals surface area (Å²) in [6.07, 6.45) is 0.0147. The van der Waals surface area contributed by atoms with Crippen molar-refractivity contribution in [2.45, 2.75) is 72.6 Å². The van der Waals surface area contributed by atoms with Crippen LogP contribution in [0.4, 0.5) is 0 Å². The summed E-state index contributed by atoms with van der Waals surface area (Å²) in [7, 11) is 0. The Balaban J connectivity index is 1.83. The van der Waals surface area contributed by atoms with Gasteiger partial charge in [-0.2, -0.15) is 0 Å². The number of ether oxygens (including phenoxy) is 1. The summed E-state index contributed by atoms with van der Waals surface area (Å²) in [5.74, 6) is -0.814. The summed E-state index contributed by atoms with van der Waals surface area (Å²) in [6, 6.07) is 20.3. The molecule has 4 rings (SSSR count). The van der Waals surface area contributed by atoms with E-state index in [-0.39, 0.29) is 29.4 Å². The van der Waals surface area contributed by atoms with Gasteiger partial charge in [0, 0.05) is 12.1 Å².